The van der Waals surface area contributed by atoms with Crippen molar-refractivity contribution in [2.24, 2.45) is 0 Å². The summed E-state index contributed by atoms with van der Waals surface area (Å²) in [5.74, 6) is 0.965. The minimum atomic E-state index is -0.495. The Morgan fingerprint density at radius 2 is 2.06 bits per heavy atom. The second kappa shape index (κ2) is 10.3. The van der Waals surface area contributed by atoms with Crippen molar-refractivity contribution in [3.8, 4) is 11.5 Å². The molecule has 0 bridgehead atoms. The highest BCUT2D eigenvalue weighted by atomic mass is 16.6. The molecule has 32 heavy (non-hydrogen) atoms. The maximum atomic E-state index is 12.2. The van der Waals surface area contributed by atoms with Crippen LogP contribution in [0.15, 0.2) is 24.3 Å². The van der Waals surface area contributed by atoms with Crippen molar-refractivity contribution >= 4 is 5.97 Å². The van der Waals surface area contributed by atoms with Gasteiger partial charge in [0.15, 0.2) is 18.1 Å². The van der Waals surface area contributed by atoms with Gasteiger partial charge >= 0.3 is 5.97 Å². The highest BCUT2D eigenvalue weighted by molar-refractivity contribution is 5.71. The molecule has 3 atom stereocenters. The number of unbranched alkanes of at least 4 members (excludes halogenated alkanes) is 5. The number of carbonyl (C=O) groups excluding carboxylic acids is 1. The van der Waals surface area contributed by atoms with E-state index in [1.54, 1.807) is 0 Å². The van der Waals surface area contributed by atoms with Crippen LogP contribution in [0.2, 0.25) is 0 Å². The number of benzene rings is 1. The zero-order chi connectivity index (χ0) is 22.6. The van der Waals surface area contributed by atoms with E-state index in [1.165, 1.54) is 31.2 Å². The molecule has 2 heterocycles. The number of aliphatic hydroxyl groups is 1. The Hall–Kier alpha value is -2.05. The van der Waals surface area contributed by atoms with Gasteiger partial charge in [0.25, 0.3) is 0 Å². The number of hydrogen-bond donors (Lipinski definition) is 1. The lowest BCUT2D eigenvalue weighted by molar-refractivity contribution is -0.146. The Balaban J connectivity index is 1.40. The standard InChI is InChI=1S/C26H37NO5/c1-3-4-5-6-7-8-15-30-23(29)18-31-21-10-9-19-17-27(2)14-13-26-12-11-20(28)16-22(26)32-25(21)24(19)26/h9-12,20,22,28H,3-8,13-18H2,1-2H3/t20-,22-,26-/m0/s1. The maximum Gasteiger partial charge on any atom is 0.344 e. The van der Waals surface area contributed by atoms with Gasteiger partial charge in [0.05, 0.1) is 18.1 Å². The highest BCUT2D eigenvalue weighted by Crippen LogP contribution is 2.55. The Labute approximate surface area is 191 Å². The minimum Gasteiger partial charge on any atom is -0.485 e. The van der Waals surface area contributed by atoms with E-state index in [4.69, 9.17) is 14.2 Å². The third-order valence-electron chi connectivity index (χ3n) is 7.03. The summed E-state index contributed by atoms with van der Waals surface area (Å²) >= 11 is 0. The second-order valence-corrected chi connectivity index (χ2v) is 9.50. The summed E-state index contributed by atoms with van der Waals surface area (Å²) in [6.45, 7) is 4.32. The monoisotopic (exact) mass is 443 g/mol. The van der Waals surface area contributed by atoms with Gasteiger partial charge < -0.3 is 24.2 Å². The lowest BCUT2D eigenvalue weighted by Crippen LogP contribution is -2.42. The van der Waals surface area contributed by atoms with Crippen LogP contribution >= 0.6 is 0 Å². The van der Waals surface area contributed by atoms with Gasteiger partial charge in [-0.1, -0.05) is 57.2 Å². The van der Waals surface area contributed by atoms with Gasteiger partial charge in [-0.25, -0.2) is 4.79 Å². The fourth-order valence-corrected chi connectivity index (χ4v) is 5.28. The van der Waals surface area contributed by atoms with Crippen LogP contribution in [0.3, 0.4) is 0 Å². The first kappa shape index (κ1) is 23.1. The van der Waals surface area contributed by atoms with Crippen molar-refractivity contribution in [1.82, 2.24) is 4.90 Å². The molecule has 1 aliphatic carbocycles. The summed E-state index contributed by atoms with van der Waals surface area (Å²) in [7, 11) is 2.13. The van der Waals surface area contributed by atoms with Crippen LogP contribution in [0.4, 0.5) is 0 Å². The molecule has 4 rings (SSSR count). The molecule has 176 valence electrons. The van der Waals surface area contributed by atoms with Crippen molar-refractivity contribution < 1.29 is 24.1 Å². The number of aliphatic hydroxyl groups excluding tert-OH is 1. The first-order valence-corrected chi connectivity index (χ1v) is 12.2. The number of carbonyl (C=O) groups is 1. The van der Waals surface area contributed by atoms with E-state index >= 15 is 0 Å². The van der Waals surface area contributed by atoms with Crippen molar-refractivity contribution in [3.63, 3.8) is 0 Å². The van der Waals surface area contributed by atoms with E-state index in [0.29, 0.717) is 18.8 Å². The third-order valence-corrected chi connectivity index (χ3v) is 7.03. The lowest BCUT2D eigenvalue weighted by atomic mass is 9.69. The Morgan fingerprint density at radius 3 is 2.91 bits per heavy atom. The summed E-state index contributed by atoms with van der Waals surface area (Å²) in [6, 6.07) is 3.99. The highest BCUT2D eigenvalue weighted by Gasteiger charge is 2.52. The molecule has 6 heteroatoms. The van der Waals surface area contributed by atoms with E-state index in [9.17, 15) is 9.90 Å². The largest absolute Gasteiger partial charge is 0.485 e. The predicted octanol–water partition coefficient (Wildman–Crippen LogP) is 4.12. The van der Waals surface area contributed by atoms with Crippen molar-refractivity contribution in [2.45, 2.75) is 82.5 Å². The summed E-state index contributed by atoms with van der Waals surface area (Å²) in [5.41, 5.74) is 2.14. The lowest BCUT2D eigenvalue weighted by Gasteiger charge is -2.35. The van der Waals surface area contributed by atoms with E-state index in [1.807, 2.05) is 12.1 Å². The summed E-state index contributed by atoms with van der Waals surface area (Å²) in [6.07, 6.45) is 11.9. The molecule has 3 aliphatic rings. The maximum absolute atomic E-state index is 12.2. The van der Waals surface area contributed by atoms with Gasteiger partial charge in [-0.05, 0) is 38.1 Å². The van der Waals surface area contributed by atoms with Gasteiger partial charge in [0.1, 0.15) is 6.10 Å². The molecule has 1 spiro atoms. The molecule has 1 N–H and O–H groups in total. The fourth-order valence-electron chi connectivity index (χ4n) is 5.28. The van der Waals surface area contributed by atoms with Crippen LogP contribution in [0, 0.1) is 0 Å². The van der Waals surface area contributed by atoms with E-state index < -0.39 is 6.10 Å². The third kappa shape index (κ3) is 4.81. The average Bonchev–Trinajstić information content (AvgIpc) is 3.03. The molecule has 1 aromatic carbocycles. The first-order chi connectivity index (χ1) is 15.5. The van der Waals surface area contributed by atoms with Crippen molar-refractivity contribution in [2.75, 3.05) is 26.8 Å². The smallest absolute Gasteiger partial charge is 0.344 e. The predicted molar refractivity (Wildman–Crippen MR) is 123 cm³/mol. The minimum absolute atomic E-state index is 0.118. The van der Waals surface area contributed by atoms with E-state index in [0.717, 1.165) is 43.7 Å². The molecule has 0 unspecified atom stereocenters. The molecular formula is C26H37NO5. The second-order valence-electron chi connectivity index (χ2n) is 9.50. The summed E-state index contributed by atoms with van der Waals surface area (Å²) < 4.78 is 17.6. The van der Waals surface area contributed by atoms with Crippen LogP contribution in [0.1, 0.15) is 69.4 Å². The number of ether oxygens (including phenoxy) is 3. The van der Waals surface area contributed by atoms with E-state index in [-0.39, 0.29) is 24.1 Å². The van der Waals surface area contributed by atoms with Gasteiger partial charge in [-0.15, -0.1) is 0 Å². The Kier molecular flexibility index (Phi) is 7.41. The number of hydrogen-bond acceptors (Lipinski definition) is 6. The molecular weight excluding hydrogens is 406 g/mol. The molecule has 2 aliphatic heterocycles. The Morgan fingerprint density at radius 1 is 1.25 bits per heavy atom. The normalized spacial score (nSPS) is 26.1. The summed E-state index contributed by atoms with van der Waals surface area (Å²) in [4.78, 5) is 14.5. The quantitative estimate of drug-likeness (QED) is 0.333. The molecule has 0 saturated carbocycles. The van der Waals surface area contributed by atoms with Crippen LogP contribution < -0.4 is 9.47 Å². The van der Waals surface area contributed by atoms with Gasteiger partial charge in [-0.3, -0.25) is 0 Å². The van der Waals surface area contributed by atoms with Crippen molar-refractivity contribution in [1.29, 1.82) is 0 Å². The molecule has 6 nitrogen and oxygen atoms in total. The number of esters is 1. The molecule has 0 fully saturated rings. The molecule has 0 saturated heterocycles. The molecule has 0 aromatic heterocycles. The number of nitrogens with zero attached hydrogens (tertiary/aromatic N) is 1. The van der Waals surface area contributed by atoms with Gasteiger partial charge in [0.2, 0.25) is 0 Å². The first-order valence-electron chi connectivity index (χ1n) is 12.2. The molecule has 1 aromatic rings. The molecule has 0 radical (unpaired) electrons. The van der Waals surface area contributed by atoms with Gasteiger partial charge in [0, 0.05) is 18.5 Å². The zero-order valence-electron chi connectivity index (χ0n) is 19.5. The van der Waals surface area contributed by atoms with E-state index in [2.05, 4.69) is 31.0 Å². The fraction of sp³-hybridized carbons (Fsp3) is 0.654. The van der Waals surface area contributed by atoms with Crippen molar-refractivity contribution in [3.05, 3.63) is 35.4 Å². The average molecular weight is 444 g/mol. The van der Waals surface area contributed by atoms with Crippen LogP contribution in [0.5, 0.6) is 11.5 Å². The van der Waals surface area contributed by atoms with Crippen LogP contribution in [-0.4, -0.2) is 55.0 Å². The SMILES string of the molecule is CCCCCCCCOC(=O)COc1ccc2c3c1O[C@H]1C[C@@H](O)C=C[C@@]31CCN(C)C2. The molecule has 0 amide bonds. The Bertz CT molecular complexity index is 838. The topological polar surface area (TPSA) is 68.2 Å². The zero-order valence-corrected chi connectivity index (χ0v) is 19.5. The van der Waals surface area contributed by atoms with Crippen LogP contribution in [-0.2, 0) is 21.5 Å². The summed E-state index contributed by atoms with van der Waals surface area (Å²) in [5, 5.41) is 10.2. The van der Waals surface area contributed by atoms with Crippen LogP contribution in [0.25, 0.3) is 0 Å². The number of rotatable bonds is 10. The van der Waals surface area contributed by atoms with Gasteiger partial charge in [-0.2, -0.15) is 0 Å².